The third-order valence-corrected chi connectivity index (χ3v) is 5.78. The summed E-state index contributed by atoms with van der Waals surface area (Å²) in [6.45, 7) is 2.14. The van der Waals surface area contributed by atoms with Crippen molar-refractivity contribution in [3.63, 3.8) is 0 Å². The molecule has 3 rings (SSSR count). The molecule has 0 aliphatic rings. The number of nitrogens with zero attached hydrogens (tertiary/aromatic N) is 1. The van der Waals surface area contributed by atoms with Gasteiger partial charge in [0.2, 0.25) is 5.91 Å². The van der Waals surface area contributed by atoms with Gasteiger partial charge in [0.15, 0.2) is 0 Å². The Morgan fingerprint density at radius 2 is 1.32 bits per heavy atom. The fourth-order valence-electron chi connectivity index (χ4n) is 4.00. The number of rotatable bonds is 12. The number of carbonyl (C=O) groups excluding carboxylic acids is 3. The number of carbonyl (C=O) groups is 3. The molecule has 2 atom stereocenters. The summed E-state index contributed by atoms with van der Waals surface area (Å²) in [5, 5.41) is 5.90. The van der Waals surface area contributed by atoms with Gasteiger partial charge in [-0.1, -0.05) is 72.8 Å². The average Bonchev–Trinajstić information content (AvgIpc) is 2.88. The van der Waals surface area contributed by atoms with Crippen LogP contribution in [0, 0.1) is 0 Å². The molecule has 0 unspecified atom stereocenters. The van der Waals surface area contributed by atoms with Crippen molar-refractivity contribution >= 4 is 17.8 Å². The number of ether oxygens (including phenoxy) is 1. The van der Waals surface area contributed by atoms with Crippen LogP contribution in [0.3, 0.4) is 0 Å². The summed E-state index contributed by atoms with van der Waals surface area (Å²) < 4.78 is 5.22. The molecule has 0 fully saturated rings. The van der Waals surface area contributed by atoms with Gasteiger partial charge in [-0.25, -0.2) is 0 Å². The molecule has 0 radical (unpaired) electrons. The molecule has 7 nitrogen and oxygen atoms in total. The highest BCUT2D eigenvalue weighted by Gasteiger charge is 2.25. The van der Waals surface area contributed by atoms with Crippen molar-refractivity contribution in [2.75, 3.05) is 20.7 Å². The van der Waals surface area contributed by atoms with Crippen LogP contribution in [0.2, 0.25) is 0 Å². The zero-order chi connectivity index (χ0) is 26.6. The summed E-state index contributed by atoms with van der Waals surface area (Å²) in [7, 11) is 3.97. The smallest absolute Gasteiger partial charge is 0.302 e. The summed E-state index contributed by atoms with van der Waals surface area (Å²) in [5.74, 6) is -1.08. The van der Waals surface area contributed by atoms with Gasteiger partial charge in [0.05, 0.1) is 6.04 Å². The Kier molecular flexibility index (Phi) is 10.4. The van der Waals surface area contributed by atoms with Gasteiger partial charge in [-0.15, -0.1) is 0 Å². The van der Waals surface area contributed by atoms with E-state index in [1.807, 2.05) is 86.9 Å². The van der Waals surface area contributed by atoms with Crippen LogP contribution < -0.4 is 10.6 Å². The molecule has 2 amide bonds. The van der Waals surface area contributed by atoms with Crippen LogP contribution in [0.1, 0.15) is 34.0 Å². The number of amides is 2. The van der Waals surface area contributed by atoms with E-state index in [-0.39, 0.29) is 18.4 Å². The van der Waals surface area contributed by atoms with E-state index in [9.17, 15) is 14.4 Å². The maximum atomic E-state index is 13.5. The standard InChI is InChI=1S/C30H35N3O4/c1-22(34)37-21-27(18-23-10-6-4-7-11-23)31-30(36)28(19-24-12-8-5-9-13-24)32-29(35)26-16-14-25(15-17-26)20-33(2)3/h4-17,27-28H,18-21H2,1-3H3,(H,31,36)(H,32,35)/t27-,28-/m0/s1. The molecule has 0 aliphatic heterocycles. The molecule has 0 bridgehead atoms. The van der Waals surface area contributed by atoms with Gasteiger partial charge in [0, 0.05) is 25.5 Å². The van der Waals surface area contributed by atoms with Crippen LogP contribution >= 0.6 is 0 Å². The van der Waals surface area contributed by atoms with Crippen molar-refractivity contribution in [1.29, 1.82) is 0 Å². The van der Waals surface area contributed by atoms with Crippen LogP contribution in [0.25, 0.3) is 0 Å². The molecule has 2 N–H and O–H groups in total. The number of benzene rings is 3. The maximum absolute atomic E-state index is 13.5. The monoisotopic (exact) mass is 501 g/mol. The minimum absolute atomic E-state index is 0.0370. The van der Waals surface area contributed by atoms with Crippen LogP contribution in [-0.4, -0.2) is 55.5 Å². The summed E-state index contributed by atoms with van der Waals surface area (Å²) in [6, 6.07) is 25.3. The Labute approximate surface area is 218 Å². The Balaban J connectivity index is 1.76. The molecule has 0 spiro atoms. The molecule has 0 saturated heterocycles. The van der Waals surface area contributed by atoms with Gasteiger partial charge in [-0.3, -0.25) is 14.4 Å². The van der Waals surface area contributed by atoms with E-state index in [0.29, 0.717) is 18.4 Å². The zero-order valence-electron chi connectivity index (χ0n) is 21.6. The molecule has 3 aromatic carbocycles. The first-order valence-corrected chi connectivity index (χ1v) is 12.4. The predicted octanol–water partition coefficient (Wildman–Crippen LogP) is 3.38. The SMILES string of the molecule is CC(=O)OC[C@H](Cc1ccccc1)NC(=O)[C@H](Cc1ccccc1)NC(=O)c1ccc(CN(C)C)cc1. The molecule has 0 aliphatic carbocycles. The molecular weight excluding hydrogens is 466 g/mol. The third kappa shape index (κ3) is 9.54. The van der Waals surface area contributed by atoms with Gasteiger partial charge in [-0.2, -0.15) is 0 Å². The van der Waals surface area contributed by atoms with Crippen molar-refractivity contribution in [3.8, 4) is 0 Å². The lowest BCUT2D eigenvalue weighted by Gasteiger charge is -2.24. The highest BCUT2D eigenvalue weighted by Crippen LogP contribution is 2.10. The first kappa shape index (κ1) is 27.6. The van der Waals surface area contributed by atoms with E-state index >= 15 is 0 Å². The van der Waals surface area contributed by atoms with Crippen LogP contribution in [-0.2, 0) is 33.7 Å². The van der Waals surface area contributed by atoms with Crippen LogP contribution in [0.5, 0.6) is 0 Å². The second-order valence-corrected chi connectivity index (χ2v) is 9.35. The Morgan fingerprint density at radius 1 is 0.757 bits per heavy atom. The van der Waals surface area contributed by atoms with E-state index < -0.39 is 18.1 Å². The van der Waals surface area contributed by atoms with E-state index in [1.165, 1.54) is 6.92 Å². The van der Waals surface area contributed by atoms with Crippen molar-refractivity contribution < 1.29 is 19.1 Å². The van der Waals surface area contributed by atoms with Gasteiger partial charge < -0.3 is 20.3 Å². The fraction of sp³-hybridized carbons (Fsp3) is 0.300. The number of nitrogens with one attached hydrogen (secondary N) is 2. The largest absolute Gasteiger partial charge is 0.464 e. The second kappa shape index (κ2) is 13.9. The van der Waals surface area contributed by atoms with Crippen LogP contribution in [0.4, 0.5) is 0 Å². The first-order chi connectivity index (χ1) is 17.8. The normalized spacial score (nSPS) is 12.4. The zero-order valence-corrected chi connectivity index (χ0v) is 21.6. The third-order valence-electron chi connectivity index (χ3n) is 5.78. The minimum Gasteiger partial charge on any atom is -0.464 e. The van der Waals surface area contributed by atoms with Gasteiger partial charge in [0.25, 0.3) is 5.91 Å². The van der Waals surface area contributed by atoms with E-state index in [0.717, 1.165) is 23.2 Å². The summed E-state index contributed by atoms with van der Waals surface area (Å²) >= 11 is 0. The lowest BCUT2D eigenvalue weighted by atomic mass is 10.0. The van der Waals surface area contributed by atoms with E-state index in [1.54, 1.807) is 12.1 Å². The Morgan fingerprint density at radius 3 is 1.86 bits per heavy atom. The predicted molar refractivity (Wildman–Crippen MR) is 144 cm³/mol. The average molecular weight is 502 g/mol. The molecule has 0 aromatic heterocycles. The lowest BCUT2D eigenvalue weighted by molar-refractivity contribution is -0.142. The Hall–Kier alpha value is -3.97. The van der Waals surface area contributed by atoms with Crippen molar-refractivity contribution in [2.24, 2.45) is 0 Å². The maximum Gasteiger partial charge on any atom is 0.302 e. The second-order valence-electron chi connectivity index (χ2n) is 9.35. The highest BCUT2D eigenvalue weighted by atomic mass is 16.5. The highest BCUT2D eigenvalue weighted by molar-refractivity contribution is 5.97. The summed E-state index contributed by atoms with van der Waals surface area (Å²) in [6.07, 6.45) is 0.807. The molecular formula is C30H35N3O4. The molecule has 3 aromatic rings. The van der Waals surface area contributed by atoms with Crippen molar-refractivity contribution in [2.45, 2.75) is 38.4 Å². The molecule has 37 heavy (non-hydrogen) atoms. The molecule has 194 valence electrons. The fourth-order valence-corrected chi connectivity index (χ4v) is 4.00. The summed E-state index contributed by atoms with van der Waals surface area (Å²) in [5.41, 5.74) is 3.49. The first-order valence-electron chi connectivity index (χ1n) is 12.4. The lowest BCUT2D eigenvalue weighted by Crippen LogP contribution is -2.52. The van der Waals surface area contributed by atoms with Crippen molar-refractivity contribution in [3.05, 3.63) is 107 Å². The minimum atomic E-state index is -0.813. The van der Waals surface area contributed by atoms with Gasteiger partial charge in [0.1, 0.15) is 12.6 Å². The number of hydrogen-bond acceptors (Lipinski definition) is 5. The Bertz CT molecular complexity index is 1150. The summed E-state index contributed by atoms with van der Waals surface area (Å²) in [4.78, 5) is 40.1. The van der Waals surface area contributed by atoms with Crippen LogP contribution in [0.15, 0.2) is 84.9 Å². The molecule has 0 saturated carbocycles. The number of hydrogen-bond donors (Lipinski definition) is 2. The topological polar surface area (TPSA) is 87.7 Å². The molecule has 7 heteroatoms. The number of esters is 1. The van der Waals surface area contributed by atoms with Gasteiger partial charge in [-0.05, 0) is 49.3 Å². The molecule has 0 heterocycles. The van der Waals surface area contributed by atoms with Crippen molar-refractivity contribution in [1.82, 2.24) is 15.5 Å². The van der Waals surface area contributed by atoms with Gasteiger partial charge >= 0.3 is 5.97 Å². The van der Waals surface area contributed by atoms with E-state index in [2.05, 4.69) is 15.5 Å². The van der Waals surface area contributed by atoms with E-state index in [4.69, 9.17) is 4.74 Å². The quantitative estimate of drug-likeness (QED) is 0.372.